The third kappa shape index (κ3) is 0.828. The third-order valence-electron chi connectivity index (χ3n) is 4.82. The van der Waals surface area contributed by atoms with Crippen molar-refractivity contribution in [3.8, 4) is 0 Å². The van der Waals surface area contributed by atoms with Gasteiger partial charge in [0, 0.05) is 0 Å². The van der Waals surface area contributed by atoms with Gasteiger partial charge in [0.05, 0.1) is 0 Å². The molecule has 0 saturated heterocycles. The van der Waals surface area contributed by atoms with E-state index in [1.165, 1.54) is 19.3 Å². The van der Waals surface area contributed by atoms with E-state index < -0.39 is 0 Å². The molecular formula is C13H18. The largest absolute Gasteiger partial charge is 0.129 e. The monoisotopic (exact) mass is 174 g/mol. The molecule has 70 valence electrons. The molecule has 0 aromatic heterocycles. The van der Waals surface area contributed by atoms with Crippen molar-refractivity contribution in [3.05, 3.63) is 17.9 Å². The van der Waals surface area contributed by atoms with E-state index >= 15 is 0 Å². The van der Waals surface area contributed by atoms with Crippen molar-refractivity contribution in [3.63, 3.8) is 0 Å². The Hall–Kier alpha value is -0.480. The van der Waals surface area contributed by atoms with Gasteiger partial charge in [-0.1, -0.05) is 20.3 Å². The summed E-state index contributed by atoms with van der Waals surface area (Å²) in [4.78, 5) is 0. The first-order valence-electron chi connectivity index (χ1n) is 5.64. The van der Waals surface area contributed by atoms with E-state index in [4.69, 9.17) is 0 Å². The summed E-state index contributed by atoms with van der Waals surface area (Å²) in [5.74, 6) is 3.64. The highest BCUT2D eigenvalue weighted by atomic mass is 14.6. The predicted molar refractivity (Wildman–Crippen MR) is 54.2 cm³/mol. The molecule has 4 atom stereocenters. The molecule has 2 saturated carbocycles. The topological polar surface area (TPSA) is 0 Å². The van der Waals surface area contributed by atoms with Crippen molar-refractivity contribution in [2.75, 3.05) is 0 Å². The van der Waals surface area contributed by atoms with E-state index in [0.717, 1.165) is 23.7 Å². The average molecular weight is 174 g/mol. The smallest absolute Gasteiger partial charge is 0.00691 e. The van der Waals surface area contributed by atoms with Gasteiger partial charge in [0.1, 0.15) is 0 Å². The van der Waals surface area contributed by atoms with Crippen LogP contribution in [0.15, 0.2) is 17.9 Å². The van der Waals surface area contributed by atoms with E-state index in [1.54, 1.807) is 0 Å². The van der Waals surface area contributed by atoms with Gasteiger partial charge in [-0.05, 0) is 54.1 Å². The molecule has 0 radical (unpaired) electrons. The summed E-state index contributed by atoms with van der Waals surface area (Å²) in [7, 11) is 0. The Balaban J connectivity index is 2.08. The Kier molecular flexibility index (Phi) is 1.40. The van der Waals surface area contributed by atoms with Gasteiger partial charge in [0.25, 0.3) is 0 Å². The lowest BCUT2D eigenvalue weighted by Crippen LogP contribution is -2.27. The molecule has 0 N–H and O–H groups in total. The molecule has 2 bridgehead atoms. The fourth-order valence-corrected chi connectivity index (χ4v) is 4.17. The normalized spacial score (nSPS) is 49.7. The molecule has 0 amide bonds. The Morgan fingerprint density at radius 3 is 2.15 bits per heavy atom. The first-order chi connectivity index (χ1) is 6.21. The minimum Gasteiger partial charge on any atom is -0.129 e. The maximum Gasteiger partial charge on any atom is -0.00691 e. The quantitative estimate of drug-likeness (QED) is 0.494. The Morgan fingerprint density at radius 1 is 1.08 bits per heavy atom. The van der Waals surface area contributed by atoms with Crippen LogP contribution in [0.2, 0.25) is 0 Å². The molecule has 2 fully saturated rings. The third-order valence-corrected chi connectivity index (χ3v) is 4.82. The number of hydrogen-bond acceptors (Lipinski definition) is 0. The standard InChI is InChI=1S/C13H18/c1-13(2)11-7-4-8-12(13)10-6-3-5-9(10)11/h7-12H,3,5-6H2,1-2H3. The van der Waals surface area contributed by atoms with Crippen LogP contribution in [0.1, 0.15) is 33.1 Å². The number of rotatable bonds is 0. The van der Waals surface area contributed by atoms with E-state index in [1.807, 2.05) is 0 Å². The van der Waals surface area contributed by atoms with Crippen LogP contribution in [0.25, 0.3) is 0 Å². The molecule has 3 aliphatic rings. The highest BCUT2D eigenvalue weighted by molar-refractivity contribution is 5.19. The van der Waals surface area contributed by atoms with Crippen LogP contribution < -0.4 is 0 Å². The lowest BCUT2D eigenvalue weighted by atomic mass is 9.71. The van der Waals surface area contributed by atoms with Gasteiger partial charge in [-0.2, -0.15) is 0 Å². The maximum absolute atomic E-state index is 3.38. The predicted octanol–water partition coefficient (Wildman–Crippen LogP) is 3.40. The molecule has 0 nitrogen and oxygen atoms in total. The summed E-state index contributed by atoms with van der Waals surface area (Å²) >= 11 is 0. The SMILES string of the molecule is CC1(C)C2C=C=CC1C1CCCC12. The molecule has 0 spiro atoms. The molecule has 3 rings (SSSR count). The van der Waals surface area contributed by atoms with Gasteiger partial charge >= 0.3 is 0 Å². The fourth-order valence-electron chi connectivity index (χ4n) is 4.17. The fraction of sp³-hybridized carbons (Fsp3) is 0.769. The summed E-state index contributed by atoms with van der Waals surface area (Å²) < 4.78 is 0. The summed E-state index contributed by atoms with van der Waals surface area (Å²) in [5.41, 5.74) is 3.91. The second kappa shape index (κ2) is 2.30. The molecule has 0 heterocycles. The molecule has 0 heteroatoms. The van der Waals surface area contributed by atoms with Crippen LogP contribution in [0, 0.1) is 29.1 Å². The van der Waals surface area contributed by atoms with Crippen molar-refractivity contribution >= 4 is 0 Å². The van der Waals surface area contributed by atoms with Crippen molar-refractivity contribution in [1.82, 2.24) is 0 Å². The molecule has 13 heavy (non-hydrogen) atoms. The highest BCUT2D eigenvalue weighted by Crippen LogP contribution is 2.61. The van der Waals surface area contributed by atoms with E-state index in [-0.39, 0.29) is 0 Å². The molecule has 0 aromatic rings. The first kappa shape index (κ1) is 7.88. The summed E-state index contributed by atoms with van der Waals surface area (Å²) in [6.45, 7) is 4.91. The Bertz CT molecular complexity index is 267. The molecule has 0 aromatic carbocycles. The number of hydrogen-bond donors (Lipinski definition) is 0. The summed E-state index contributed by atoms with van der Waals surface area (Å²) in [5, 5.41) is 0. The first-order valence-corrected chi connectivity index (χ1v) is 5.64. The van der Waals surface area contributed by atoms with Crippen molar-refractivity contribution in [1.29, 1.82) is 0 Å². The lowest BCUT2D eigenvalue weighted by Gasteiger charge is -2.33. The second-order valence-corrected chi connectivity index (χ2v) is 5.63. The van der Waals surface area contributed by atoms with Crippen LogP contribution in [-0.2, 0) is 0 Å². The minimum absolute atomic E-state index is 0.529. The van der Waals surface area contributed by atoms with Crippen LogP contribution >= 0.6 is 0 Å². The van der Waals surface area contributed by atoms with Crippen LogP contribution in [0.5, 0.6) is 0 Å². The zero-order chi connectivity index (χ0) is 9.05. The minimum atomic E-state index is 0.529. The van der Waals surface area contributed by atoms with Gasteiger partial charge < -0.3 is 0 Å². The zero-order valence-electron chi connectivity index (χ0n) is 8.59. The van der Waals surface area contributed by atoms with E-state index in [0.29, 0.717) is 5.41 Å². The van der Waals surface area contributed by atoms with Crippen LogP contribution in [-0.4, -0.2) is 0 Å². The van der Waals surface area contributed by atoms with Crippen LogP contribution in [0.3, 0.4) is 0 Å². The molecule has 3 aliphatic carbocycles. The van der Waals surface area contributed by atoms with Gasteiger partial charge in [-0.3, -0.25) is 0 Å². The summed E-state index contributed by atoms with van der Waals surface area (Å²) in [6, 6.07) is 0. The molecule has 4 unspecified atom stereocenters. The van der Waals surface area contributed by atoms with Gasteiger partial charge in [-0.25, -0.2) is 0 Å². The summed E-state index contributed by atoms with van der Waals surface area (Å²) in [6.07, 6.45) is 9.13. The molecular weight excluding hydrogens is 156 g/mol. The highest BCUT2D eigenvalue weighted by Gasteiger charge is 2.55. The van der Waals surface area contributed by atoms with Crippen molar-refractivity contribution < 1.29 is 0 Å². The van der Waals surface area contributed by atoms with Crippen molar-refractivity contribution in [2.45, 2.75) is 33.1 Å². The van der Waals surface area contributed by atoms with E-state index in [9.17, 15) is 0 Å². The average Bonchev–Trinajstić information content (AvgIpc) is 2.53. The number of allylic oxidation sites excluding steroid dienone is 1. The van der Waals surface area contributed by atoms with Crippen molar-refractivity contribution in [2.24, 2.45) is 29.1 Å². The van der Waals surface area contributed by atoms with Gasteiger partial charge in [0.15, 0.2) is 0 Å². The maximum atomic E-state index is 3.38. The number of fused-ring (bicyclic) bond motifs is 5. The van der Waals surface area contributed by atoms with Crippen LogP contribution in [0.4, 0.5) is 0 Å². The zero-order valence-corrected chi connectivity index (χ0v) is 8.59. The second-order valence-electron chi connectivity index (χ2n) is 5.63. The van der Waals surface area contributed by atoms with Gasteiger partial charge in [-0.15, -0.1) is 5.73 Å². The Morgan fingerprint density at radius 2 is 1.62 bits per heavy atom. The molecule has 0 aliphatic heterocycles. The van der Waals surface area contributed by atoms with Gasteiger partial charge in [0.2, 0.25) is 0 Å². The Labute approximate surface area is 80.7 Å². The van der Waals surface area contributed by atoms with E-state index in [2.05, 4.69) is 31.7 Å². The lowest BCUT2D eigenvalue weighted by molar-refractivity contribution is 0.216.